The molecule has 1 atom stereocenters. The minimum Gasteiger partial charge on any atom is -0.462 e. The van der Waals surface area contributed by atoms with E-state index < -0.39 is 6.10 Å². The summed E-state index contributed by atoms with van der Waals surface area (Å²) in [6.45, 7) is 6.60. The first-order valence-electron chi connectivity index (χ1n) is 29.3. The molecule has 0 heterocycles. The number of allylic oxidation sites excluding steroid dienone is 10. The predicted molar refractivity (Wildman–Crippen MR) is 293 cm³/mol. The maximum Gasteiger partial charge on any atom is 0.306 e. The van der Waals surface area contributed by atoms with E-state index in [4.69, 9.17) is 14.2 Å². The summed E-state index contributed by atoms with van der Waals surface area (Å²) in [6, 6.07) is 0. The van der Waals surface area contributed by atoms with Gasteiger partial charge in [-0.3, -0.25) is 14.4 Å². The van der Waals surface area contributed by atoms with E-state index >= 15 is 0 Å². The molecule has 0 N–H and O–H groups in total. The van der Waals surface area contributed by atoms with Crippen LogP contribution in [0.1, 0.15) is 297 Å². The second kappa shape index (κ2) is 56.7. The fourth-order valence-electron chi connectivity index (χ4n) is 8.26. The van der Waals surface area contributed by atoms with Gasteiger partial charge in [0.25, 0.3) is 0 Å². The SMILES string of the molecule is CCCCC/C=C\CCCCCCCC(=O)OCC(COC(=O)CCCCCCCC/C=C\C/C=C\C/C=C\CCCCCCC)OC(=O)CCCCCCCCC/C=C\CCCCCCCC. The molecule has 0 aliphatic rings. The molecule has 394 valence electrons. The van der Waals surface area contributed by atoms with Gasteiger partial charge in [0.1, 0.15) is 13.2 Å². The van der Waals surface area contributed by atoms with Crippen LogP contribution in [0.15, 0.2) is 60.8 Å². The first-order valence-corrected chi connectivity index (χ1v) is 29.3. The molecule has 0 aliphatic carbocycles. The van der Waals surface area contributed by atoms with Crippen LogP contribution in [-0.2, 0) is 28.6 Å². The number of hydrogen-bond donors (Lipinski definition) is 0. The van der Waals surface area contributed by atoms with E-state index in [0.717, 1.165) is 83.5 Å². The van der Waals surface area contributed by atoms with Crippen LogP contribution in [0.5, 0.6) is 0 Å². The molecule has 0 fully saturated rings. The van der Waals surface area contributed by atoms with Crippen molar-refractivity contribution in [2.24, 2.45) is 0 Å². The Labute approximate surface area is 421 Å². The molecular weight excluding hydrogens is 841 g/mol. The Morgan fingerprint density at radius 2 is 0.529 bits per heavy atom. The summed E-state index contributed by atoms with van der Waals surface area (Å²) < 4.78 is 16.9. The lowest BCUT2D eigenvalue weighted by Gasteiger charge is -2.18. The zero-order valence-corrected chi connectivity index (χ0v) is 45.1. The third-order valence-electron chi connectivity index (χ3n) is 12.7. The standard InChI is InChI=1S/C62H110O6/c1-4-7-10-13-16-19-22-25-27-29-30-31-32-34-35-37-40-43-46-49-52-55-61(64)67-58-59(57-66-60(63)54-51-48-45-42-39-24-21-18-15-12-9-6-3)68-62(65)56-53-50-47-44-41-38-36-33-28-26-23-20-17-14-11-8-5-2/h18,21-22,25-26,28-30,32,34,59H,4-17,19-20,23-24,27,31,33,35-58H2,1-3H3/b21-18-,25-22-,28-26-,30-29-,34-32-. The molecule has 68 heavy (non-hydrogen) atoms. The second-order valence-electron chi connectivity index (χ2n) is 19.5. The summed E-state index contributed by atoms with van der Waals surface area (Å²) in [5, 5.41) is 0. The van der Waals surface area contributed by atoms with Crippen molar-refractivity contribution in [1.82, 2.24) is 0 Å². The molecule has 6 heteroatoms. The van der Waals surface area contributed by atoms with Crippen LogP contribution in [0.3, 0.4) is 0 Å². The van der Waals surface area contributed by atoms with Crippen LogP contribution in [0.25, 0.3) is 0 Å². The third-order valence-corrected chi connectivity index (χ3v) is 12.7. The van der Waals surface area contributed by atoms with E-state index in [2.05, 4.69) is 81.5 Å². The van der Waals surface area contributed by atoms with Crippen molar-refractivity contribution in [3.63, 3.8) is 0 Å². The maximum atomic E-state index is 12.9. The van der Waals surface area contributed by atoms with Crippen molar-refractivity contribution in [2.45, 2.75) is 303 Å². The zero-order valence-electron chi connectivity index (χ0n) is 45.1. The molecule has 1 unspecified atom stereocenters. The van der Waals surface area contributed by atoms with Crippen LogP contribution >= 0.6 is 0 Å². The molecule has 0 saturated carbocycles. The van der Waals surface area contributed by atoms with E-state index in [0.29, 0.717) is 19.3 Å². The molecule has 0 aromatic heterocycles. The molecule has 0 saturated heterocycles. The minimum atomic E-state index is -0.785. The van der Waals surface area contributed by atoms with Gasteiger partial charge >= 0.3 is 17.9 Å². The van der Waals surface area contributed by atoms with E-state index in [1.807, 2.05) is 0 Å². The Morgan fingerprint density at radius 3 is 0.868 bits per heavy atom. The highest BCUT2D eigenvalue weighted by Crippen LogP contribution is 2.15. The minimum absolute atomic E-state index is 0.0838. The first-order chi connectivity index (χ1) is 33.5. The normalized spacial score (nSPS) is 12.5. The molecule has 0 aromatic carbocycles. The van der Waals surface area contributed by atoms with Crippen LogP contribution in [-0.4, -0.2) is 37.2 Å². The van der Waals surface area contributed by atoms with E-state index in [1.54, 1.807) is 0 Å². The Morgan fingerprint density at radius 1 is 0.294 bits per heavy atom. The smallest absolute Gasteiger partial charge is 0.306 e. The Hall–Kier alpha value is -2.89. The summed E-state index contributed by atoms with van der Waals surface area (Å²) in [5.41, 5.74) is 0. The van der Waals surface area contributed by atoms with Crippen molar-refractivity contribution in [1.29, 1.82) is 0 Å². The lowest BCUT2D eigenvalue weighted by atomic mass is 10.1. The molecular formula is C62H110O6. The maximum absolute atomic E-state index is 12.9. The molecule has 0 radical (unpaired) electrons. The largest absolute Gasteiger partial charge is 0.462 e. The number of unbranched alkanes of at least 4 members (excludes halogenated alkanes) is 32. The van der Waals surface area contributed by atoms with Gasteiger partial charge in [-0.15, -0.1) is 0 Å². The Bertz CT molecular complexity index is 1230. The molecule has 0 bridgehead atoms. The van der Waals surface area contributed by atoms with Gasteiger partial charge in [0.05, 0.1) is 0 Å². The van der Waals surface area contributed by atoms with E-state index in [1.165, 1.54) is 173 Å². The zero-order chi connectivity index (χ0) is 49.3. The predicted octanol–water partition coefficient (Wildman–Crippen LogP) is 19.6. The fraction of sp³-hybridized carbons (Fsp3) is 0.790. The topological polar surface area (TPSA) is 78.9 Å². The molecule has 0 aliphatic heterocycles. The van der Waals surface area contributed by atoms with Gasteiger partial charge in [-0.1, -0.05) is 229 Å². The molecule has 0 amide bonds. The quantitative estimate of drug-likeness (QED) is 0.0262. The molecule has 0 aromatic rings. The summed E-state index contributed by atoms with van der Waals surface area (Å²) in [7, 11) is 0. The highest BCUT2D eigenvalue weighted by molar-refractivity contribution is 5.71. The summed E-state index contributed by atoms with van der Waals surface area (Å²) in [5.74, 6) is -0.899. The Balaban J connectivity index is 4.37. The molecule has 6 nitrogen and oxygen atoms in total. The van der Waals surface area contributed by atoms with Crippen LogP contribution in [0.4, 0.5) is 0 Å². The van der Waals surface area contributed by atoms with Crippen molar-refractivity contribution in [2.75, 3.05) is 13.2 Å². The number of esters is 3. The average Bonchev–Trinajstić information content (AvgIpc) is 3.34. The number of carbonyl (C=O) groups is 3. The second-order valence-corrected chi connectivity index (χ2v) is 19.5. The van der Waals surface area contributed by atoms with Gasteiger partial charge in [0.2, 0.25) is 0 Å². The number of hydrogen-bond acceptors (Lipinski definition) is 6. The van der Waals surface area contributed by atoms with Crippen LogP contribution in [0.2, 0.25) is 0 Å². The summed E-state index contributed by atoms with van der Waals surface area (Å²) in [6.07, 6.45) is 70.6. The van der Waals surface area contributed by atoms with Gasteiger partial charge in [-0.05, 0) is 109 Å². The van der Waals surface area contributed by atoms with Crippen LogP contribution < -0.4 is 0 Å². The monoisotopic (exact) mass is 951 g/mol. The van der Waals surface area contributed by atoms with Gasteiger partial charge in [0, 0.05) is 19.3 Å². The lowest BCUT2D eigenvalue weighted by Crippen LogP contribution is -2.30. The molecule has 0 spiro atoms. The van der Waals surface area contributed by atoms with E-state index in [9.17, 15) is 14.4 Å². The lowest BCUT2D eigenvalue weighted by molar-refractivity contribution is -0.167. The summed E-state index contributed by atoms with van der Waals surface area (Å²) >= 11 is 0. The third kappa shape index (κ3) is 54.1. The van der Waals surface area contributed by atoms with Crippen molar-refractivity contribution >= 4 is 17.9 Å². The van der Waals surface area contributed by atoms with Gasteiger partial charge in [0.15, 0.2) is 6.10 Å². The average molecular weight is 952 g/mol. The number of ether oxygens (including phenoxy) is 3. The van der Waals surface area contributed by atoms with Gasteiger partial charge in [-0.25, -0.2) is 0 Å². The van der Waals surface area contributed by atoms with Crippen molar-refractivity contribution in [3.8, 4) is 0 Å². The van der Waals surface area contributed by atoms with E-state index in [-0.39, 0.29) is 31.1 Å². The summed E-state index contributed by atoms with van der Waals surface area (Å²) in [4.78, 5) is 38.1. The number of carbonyl (C=O) groups excluding carboxylic acids is 3. The van der Waals surface area contributed by atoms with Crippen LogP contribution in [0, 0.1) is 0 Å². The highest BCUT2D eigenvalue weighted by Gasteiger charge is 2.19. The van der Waals surface area contributed by atoms with Gasteiger partial charge in [-0.2, -0.15) is 0 Å². The first kappa shape index (κ1) is 65.1. The van der Waals surface area contributed by atoms with Crippen molar-refractivity contribution < 1.29 is 28.6 Å². The van der Waals surface area contributed by atoms with Crippen molar-refractivity contribution in [3.05, 3.63) is 60.8 Å². The molecule has 0 rings (SSSR count). The fourth-order valence-corrected chi connectivity index (χ4v) is 8.26. The number of rotatable bonds is 53. The highest BCUT2D eigenvalue weighted by atomic mass is 16.6. The van der Waals surface area contributed by atoms with Gasteiger partial charge < -0.3 is 14.2 Å². The Kier molecular flexibility index (Phi) is 54.3.